The monoisotopic (exact) mass is 278 g/mol. The molecule has 1 aromatic rings. The Labute approximate surface area is 102 Å². The molecule has 0 bridgehead atoms. The van der Waals surface area contributed by atoms with E-state index in [0.29, 0.717) is 30.4 Å². The Morgan fingerprint density at radius 2 is 1.78 bits per heavy atom. The quantitative estimate of drug-likeness (QED) is 0.793. The fourth-order valence-corrected chi connectivity index (χ4v) is 2.74. The highest BCUT2D eigenvalue weighted by Gasteiger charge is 2.47. The number of fused-ring (bicyclic) bond motifs is 1. The van der Waals surface area contributed by atoms with Crippen LogP contribution in [0, 0.1) is 0 Å². The second-order valence-corrected chi connectivity index (χ2v) is 5.99. The first-order valence-electron chi connectivity index (χ1n) is 5.21. The summed E-state index contributed by atoms with van der Waals surface area (Å²) in [6.07, 6.45) is 1.29. The number of aryl methyl sites for hydroxylation is 1. The van der Waals surface area contributed by atoms with E-state index >= 15 is 0 Å². The van der Waals surface area contributed by atoms with Gasteiger partial charge in [0.1, 0.15) is 0 Å². The third kappa shape index (κ3) is 2.03. The number of sulfone groups is 1. The molecule has 7 heteroatoms. The number of ketones is 1. The topological polar surface area (TPSA) is 51.2 Å². The number of carbonyl (C=O) groups excluding carboxylic acids is 1. The number of alkyl halides is 3. The van der Waals surface area contributed by atoms with Crippen LogP contribution < -0.4 is 0 Å². The van der Waals surface area contributed by atoms with E-state index in [9.17, 15) is 26.4 Å². The first kappa shape index (κ1) is 13.1. The number of carbonyl (C=O) groups is 1. The lowest BCUT2D eigenvalue weighted by molar-refractivity contribution is -0.0436. The van der Waals surface area contributed by atoms with Gasteiger partial charge in [0.05, 0.1) is 4.90 Å². The zero-order chi connectivity index (χ0) is 13.6. The molecule has 0 fully saturated rings. The van der Waals surface area contributed by atoms with Crippen LogP contribution in [0.2, 0.25) is 0 Å². The van der Waals surface area contributed by atoms with Crippen molar-refractivity contribution in [3.05, 3.63) is 29.3 Å². The largest absolute Gasteiger partial charge is 0.501 e. The molecule has 0 radical (unpaired) electrons. The van der Waals surface area contributed by atoms with Crippen molar-refractivity contribution in [2.75, 3.05) is 0 Å². The summed E-state index contributed by atoms with van der Waals surface area (Å²) in [7, 11) is -5.34. The van der Waals surface area contributed by atoms with Gasteiger partial charge in [0.25, 0.3) is 9.84 Å². The molecule has 0 aromatic heterocycles. The van der Waals surface area contributed by atoms with Crippen LogP contribution in [0.1, 0.15) is 28.8 Å². The third-order valence-electron chi connectivity index (χ3n) is 2.84. The van der Waals surface area contributed by atoms with Crippen molar-refractivity contribution in [2.24, 2.45) is 0 Å². The molecule has 2 rings (SSSR count). The second kappa shape index (κ2) is 4.08. The van der Waals surface area contributed by atoms with Crippen molar-refractivity contribution in [1.82, 2.24) is 0 Å². The molecular formula is C11H9F3O3S. The number of Topliss-reactive ketones (excluding diaryl/α,β-unsaturated/α-hetero) is 1. The molecule has 0 unspecified atom stereocenters. The average molecular weight is 278 g/mol. The third-order valence-corrected chi connectivity index (χ3v) is 4.33. The molecule has 0 spiro atoms. The van der Waals surface area contributed by atoms with Crippen LogP contribution in [0.5, 0.6) is 0 Å². The van der Waals surface area contributed by atoms with Crippen molar-refractivity contribution < 1.29 is 26.4 Å². The maximum absolute atomic E-state index is 12.4. The molecule has 0 saturated heterocycles. The summed E-state index contributed by atoms with van der Waals surface area (Å²) in [6, 6.07) is 2.95. The molecule has 98 valence electrons. The van der Waals surface area contributed by atoms with Crippen molar-refractivity contribution in [3.63, 3.8) is 0 Å². The normalized spacial score (nSPS) is 16.5. The number of rotatable bonds is 1. The van der Waals surface area contributed by atoms with Gasteiger partial charge in [-0.2, -0.15) is 13.2 Å². The Morgan fingerprint density at radius 1 is 1.11 bits per heavy atom. The van der Waals surface area contributed by atoms with Gasteiger partial charge in [0.15, 0.2) is 5.78 Å². The number of benzene rings is 1. The zero-order valence-electron chi connectivity index (χ0n) is 9.12. The van der Waals surface area contributed by atoms with E-state index < -0.39 is 20.2 Å². The highest BCUT2D eigenvalue weighted by atomic mass is 32.2. The van der Waals surface area contributed by atoms with Gasteiger partial charge in [-0.25, -0.2) is 8.42 Å². The molecule has 0 amide bonds. The molecule has 0 saturated carbocycles. The van der Waals surface area contributed by atoms with Crippen LogP contribution in [0.4, 0.5) is 13.2 Å². The maximum atomic E-state index is 12.4. The van der Waals surface area contributed by atoms with Crippen LogP contribution in [-0.2, 0) is 16.3 Å². The lowest BCUT2D eigenvalue weighted by atomic mass is 9.91. The summed E-state index contributed by atoms with van der Waals surface area (Å²) in [4.78, 5) is 10.7. The summed E-state index contributed by atoms with van der Waals surface area (Å²) in [5, 5.41) is 0. The van der Waals surface area contributed by atoms with Gasteiger partial charge in [0.2, 0.25) is 0 Å². The molecule has 0 heterocycles. The minimum atomic E-state index is -5.34. The number of halogens is 3. The summed E-state index contributed by atoms with van der Waals surface area (Å²) in [5.74, 6) is -0.160. The SMILES string of the molecule is O=C1CCCc2cc(S(=O)(=O)C(F)(F)F)ccc21. The van der Waals surface area contributed by atoms with Crippen LogP contribution >= 0.6 is 0 Å². The van der Waals surface area contributed by atoms with Crippen LogP contribution in [0.25, 0.3) is 0 Å². The highest BCUT2D eigenvalue weighted by Crippen LogP contribution is 2.32. The summed E-state index contributed by atoms with van der Waals surface area (Å²) < 4.78 is 59.5. The van der Waals surface area contributed by atoms with Gasteiger partial charge in [-0.3, -0.25) is 4.79 Å². The molecule has 1 aliphatic carbocycles. The average Bonchev–Trinajstić information content (AvgIpc) is 2.27. The summed E-state index contributed by atoms with van der Waals surface area (Å²) >= 11 is 0. The van der Waals surface area contributed by atoms with Crippen molar-refractivity contribution >= 4 is 15.6 Å². The van der Waals surface area contributed by atoms with Crippen LogP contribution in [-0.4, -0.2) is 19.7 Å². The van der Waals surface area contributed by atoms with E-state index in [-0.39, 0.29) is 5.78 Å². The van der Waals surface area contributed by atoms with E-state index in [4.69, 9.17) is 0 Å². The molecule has 1 aliphatic rings. The molecular weight excluding hydrogens is 269 g/mol. The summed E-state index contributed by atoms with van der Waals surface area (Å²) in [6.45, 7) is 0. The van der Waals surface area contributed by atoms with E-state index in [1.807, 2.05) is 0 Å². The van der Waals surface area contributed by atoms with Crippen molar-refractivity contribution in [2.45, 2.75) is 29.7 Å². The lowest BCUT2D eigenvalue weighted by Gasteiger charge is -2.16. The number of hydrogen-bond donors (Lipinski definition) is 0. The minimum Gasteiger partial charge on any atom is -0.294 e. The molecule has 0 atom stereocenters. The van der Waals surface area contributed by atoms with E-state index in [1.165, 1.54) is 0 Å². The first-order valence-corrected chi connectivity index (χ1v) is 6.69. The van der Waals surface area contributed by atoms with Crippen LogP contribution in [0.15, 0.2) is 23.1 Å². The lowest BCUT2D eigenvalue weighted by Crippen LogP contribution is -2.24. The molecule has 0 aliphatic heterocycles. The van der Waals surface area contributed by atoms with E-state index in [1.54, 1.807) is 0 Å². The van der Waals surface area contributed by atoms with E-state index in [2.05, 4.69) is 0 Å². The van der Waals surface area contributed by atoms with Crippen LogP contribution in [0.3, 0.4) is 0 Å². The van der Waals surface area contributed by atoms with Crippen molar-refractivity contribution in [3.8, 4) is 0 Å². The first-order chi connectivity index (χ1) is 8.23. The number of hydrogen-bond acceptors (Lipinski definition) is 3. The Bertz CT molecular complexity index is 602. The van der Waals surface area contributed by atoms with Gasteiger partial charge in [0, 0.05) is 12.0 Å². The Morgan fingerprint density at radius 3 is 2.39 bits per heavy atom. The summed E-state index contributed by atoms with van der Waals surface area (Å²) in [5.41, 5.74) is -4.63. The maximum Gasteiger partial charge on any atom is 0.501 e. The fourth-order valence-electron chi connectivity index (χ4n) is 1.92. The van der Waals surface area contributed by atoms with Gasteiger partial charge in [-0.1, -0.05) is 0 Å². The zero-order valence-corrected chi connectivity index (χ0v) is 9.94. The standard InChI is InChI=1S/C11H9F3O3S/c12-11(13,14)18(16,17)8-4-5-9-7(6-8)2-1-3-10(9)15/h4-6H,1-3H2. The van der Waals surface area contributed by atoms with Gasteiger partial charge in [-0.05, 0) is 36.6 Å². The highest BCUT2D eigenvalue weighted by molar-refractivity contribution is 7.92. The Hall–Kier alpha value is -1.37. The smallest absolute Gasteiger partial charge is 0.294 e. The van der Waals surface area contributed by atoms with E-state index in [0.717, 1.165) is 18.2 Å². The van der Waals surface area contributed by atoms with Crippen molar-refractivity contribution in [1.29, 1.82) is 0 Å². The fraction of sp³-hybridized carbons (Fsp3) is 0.364. The van der Waals surface area contributed by atoms with Gasteiger partial charge < -0.3 is 0 Å². The molecule has 1 aromatic carbocycles. The molecule has 0 N–H and O–H groups in total. The van der Waals surface area contributed by atoms with Gasteiger partial charge in [-0.15, -0.1) is 0 Å². The second-order valence-electron chi connectivity index (χ2n) is 4.04. The predicted octanol–water partition coefficient (Wildman–Crippen LogP) is 2.50. The predicted molar refractivity (Wildman–Crippen MR) is 57.0 cm³/mol. The molecule has 18 heavy (non-hydrogen) atoms. The molecule has 3 nitrogen and oxygen atoms in total. The van der Waals surface area contributed by atoms with Gasteiger partial charge >= 0.3 is 5.51 Å². The Kier molecular flexibility index (Phi) is 2.96. The Balaban J connectivity index is 2.54. The minimum absolute atomic E-state index is 0.160.